The average molecular weight is 1330 g/mol. The van der Waals surface area contributed by atoms with E-state index in [1.54, 1.807) is 21.6 Å². The molecule has 0 aliphatic carbocycles. The summed E-state index contributed by atoms with van der Waals surface area (Å²) in [5, 5.41) is 5.14. The molecule has 0 aromatic heterocycles. The zero-order valence-electron chi connectivity index (χ0n) is 54.2. The molecule has 0 spiro atoms. The monoisotopic (exact) mass is 1330 g/mol. The molecule has 12 aromatic rings. The number of hydrogen-bond donors (Lipinski definition) is 0. The van der Waals surface area contributed by atoms with Crippen LogP contribution in [0.4, 0.5) is 0 Å². The highest BCUT2D eigenvalue weighted by Crippen LogP contribution is 2.57. The third-order valence-corrected chi connectivity index (χ3v) is 27.6. The van der Waals surface area contributed by atoms with E-state index in [1.165, 1.54) is 65.3 Å². The second-order valence-corrected chi connectivity index (χ2v) is 33.9. The molecule has 0 unspecified atom stereocenters. The largest absolute Gasteiger partial charge is 0.423 e. The number of ether oxygens (including phenoxy) is 2. The maximum atomic E-state index is 13.5. The molecule has 8 heteroatoms. The molecule has 0 saturated heterocycles. The van der Waals surface area contributed by atoms with Gasteiger partial charge in [0.2, 0.25) is 0 Å². The first-order valence-electron chi connectivity index (χ1n) is 32.7. The first-order valence-corrected chi connectivity index (χ1v) is 40.2. The quantitative estimate of drug-likeness (QED) is 0.0226. The van der Waals surface area contributed by atoms with Gasteiger partial charge in [-0.1, -0.05) is 313 Å². The molecule has 2 heterocycles. The summed E-state index contributed by atoms with van der Waals surface area (Å²) in [7, 11) is -2.28. The normalized spacial score (nSPS) is 13.7. The topological polar surface area (TPSA) is 52.6 Å². The average Bonchev–Trinajstić information content (AvgIpc) is 1.56. The Kier molecular flexibility index (Phi) is 19.3. The first kappa shape index (κ1) is 64.1. The fourth-order valence-electron chi connectivity index (χ4n) is 13.4. The van der Waals surface area contributed by atoms with Crippen molar-refractivity contribution in [3.63, 3.8) is 0 Å². The van der Waals surface area contributed by atoms with Crippen LogP contribution in [0.3, 0.4) is 0 Å². The van der Waals surface area contributed by atoms with E-state index in [4.69, 9.17) is 9.47 Å². The molecule has 0 N–H and O–H groups in total. The van der Waals surface area contributed by atoms with Crippen molar-refractivity contribution in [1.82, 2.24) is 0 Å². The summed E-state index contributed by atoms with van der Waals surface area (Å²) in [6.07, 6.45) is 0. The standard InChI is InChI=1S/C90H66O4S2Si2/c1-97(85(73-35-19-7-20-36-73)81(69-27-11-3-12-28-69)82(70-29-13-4-14-30-70)86(97)74-37-21-8-22-38-74)61-59-65-47-55-79(56-48-65)93-89(91)77-51-43-67(44-52-77)63-95-96-64-68-45-53-78(54-46-68)90(92)94-80-57-49-66(50-58-80)60-62-98(2)87(75-39-23-9-24-40-75)83(71-31-15-5-16-32-71)84(72-33-17-6-18-34-72)88(98)76-41-25-10-26-42-76/h3-58H,63-64H2,1-2H3. The lowest BCUT2D eigenvalue weighted by Gasteiger charge is -2.25. The Balaban J connectivity index is 0.601. The predicted molar refractivity (Wildman–Crippen MR) is 414 cm³/mol. The van der Waals surface area contributed by atoms with Gasteiger partial charge in [0.15, 0.2) is 16.1 Å². The van der Waals surface area contributed by atoms with Gasteiger partial charge < -0.3 is 9.47 Å². The Hall–Kier alpha value is -11.2. The van der Waals surface area contributed by atoms with Crippen LogP contribution in [-0.4, -0.2) is 28.1 Å². The number of carbonyl (C=O) groups is 2. The van der Waals surface area contributed by atoms with Gasteiger partial charge in [0.1, 0.15) is 11.5 Å². The molecular weight excluding hydrogens is 1270 g/mol. The van der Waals surface area contributed by atoms with Gasteiger partial charge in [0.05, 0.1) is 11.1 Å². The predicted octanol–water partition coefficient (Wildman–Crippen LogP) is 21.8. The van der Waals surface area contributed by atoms with E-state index in [2.05, 4.69) is 279 Å². The molecule has 4 nitrogen and oxygen atoms in total. The summed E-state index contributed by atoms with van der Waals surface area (Å²) in [6.45, 7) is 4.78. The summed E-state index contributed by atoms with van der Waals surface area (Å²) in [5.74, 6) is 8.80. The minimum atomic E-state index is -2.87. The van der Waals surface area contributed by atoms with Gasteiger partial charge in [-0.15, -0.1) is 11.1 Å². The van der Waals surface area contributed by atoms with Crippen LogP contribution in [0.25, 0.3) is 43.1 Å². The summed E-state index contributed by atoms with van der Waals surface area (Å²) in [6, 6.07) is 116. The van der Waals surface area contributed by atoms with E-state index in [0.717, 1.165) is 56.0 Å². The first-order chi connectivity index (χ1) is 48.2. The number of allylic oxidation sites excluding steroid dienone is 4. The van der Waals surface area contributed by atoms with Crippen molar-refractivity contribution in [2.45, 2.75) is 24.6 Å². The molecular formula is C90H66O4S2Si2. The molecule has 14 rings (SSSR count). The second kappa shape index (κ2) is 29.4. The fourth-order valence-corrected chi connectivity index (χ4v) is 23.3. The zero-order valence-corrected chi connectivity index (χ0v) is 57.8. The second-order valence-electron chi connectivity index (χ2n) is 24.4. The van der Waals surface area contributed by atoms with Crippen molar-refractivity contribution in [2.24, 2.45) is 0 Å². The summed E-state index contributed by atoms with van der Waals surface area (Å²) >= 11 is 0. The SMILES string of the molecule is C[Si]1(C#Cc2ccc(OC(=O)c3ccc(CSSCc4ccc(C(=O)Oc5ccc(C#C[Si]6(C)C(c7ccccc7)=C(c7ccccc7)C(c7ccccc7)=C6c6ccccc6)cc5)cc4)cc3)cc2)C(c2ccccc2)=C(c2ccccc2)C(c2ccccc2)=C1c1ccccc1. The highest BCUT2D eigenvalue weighted by Gasteiger charge is 2.48. The van der Waals surface area contributed by atoms with E-state index in [9.17, 15) is 9.59 Å². The Labute approximate surface area is 584 Å². The van der Waals surface area contributed by atoms with Crippen molar-refractivity contribution in [2.75, 3.05) is 0 Å². The molecule has 0 amide bonds. The zero-order chi connectivity index (χ0) is 66.7. The Bertz CT molecular complexity index is 4590. The number of rotatable bonds is 17. The van der Waals surface area contributed by atoms with E-state index < -0.39 is 28.1 Å². The van der Waals surface area contributed by atoms with Gasteiger partial charge in [-0.05, 0) is 172 Å². The molecule has 0 radical (unpaired) electrons. The lowest BCUT2D eigenvalue weighted by atomic mass is 9.89. The van der Waals surface area contributed by atoms with Crippen LogP contribution in [-0.2, 0) is 11.5 Å². The number of carbonyl (C=O) groups excluding carboxylic acids is 2. The highest BCUT2D eigenvalue weighted by atomic mass is 33.1. The van der Waals surface area contributed by atoms with Crippen LogP contribution in [0.2, 0.25) is 13.1 Å². The van der Waals surface area contributed by atoms with Gasteiger partial charge in [0, 0.05) is 22.6 Å². The van der Waals surface area contributed by atoms with E-state index >= 15 is 0 Å². The molecule has 0 atom stereocenters. The van der Waals surface area contributed by atoms with Gasteiger partial charge in [-0.3, -0.25) is 0 Å². The van der Waals surface area contributed by atoms with Crippen molar-refractivity contribution in [3.05, 3.63) is 418 Å². The number of benzene rings is 12. The maximum Gasteiger partial charge on any atom is 0.343 e. The van der Waals surface area contributed by atoms with Crippen LogP contribution in [0.5, 0.6) is 11.5 Å². The molecule has 0 fully saturated rings. The highest BCUT2D eigenvalue weighted by molar-refractivity contribution is 8.76. The third kappa shape index (κ3) is 13.8. The van der Waals surface area contributed by atoms with Gasteiger partial charge >= 0.3 is 11.9 Å². The van der Waals surface area contributed by atoms with Crippen LogP contribution in [0.15, 0.2) is 340 Å². The number of hydrogen-bond acceptors (Lipinski definition) is 6. The summed E-state index contributed by atoms with van der Waals surface area (Å²) in [5.41, 5.74) is 27.0. The van der Waals surface area contributed by atoms with Gasteiger partial charge in [-0.25, -0.2) is 9.59 Å². The van der Waals surface area contributed by atoms with Crippen molar-refractivity contribution in [3.8, 4) is 34.4 Å². The van der Waals surface area contributed by atoms with Crippen LogP contribution >= 0.6 is 21.6 Å². The van der Waals surface area contributed by atoms with E-state index in [1.807, 2.05) is 97.1 Å². The van der Waals surface area contributed by atoms with Gasteiger partial charge in [0.25, 0.3) is 0 Å². The Morgan fingerprint density at radius 3 is 0.745 bits per heavy atom. The minimum absolute atomic E-state index is 0.427. The van der Waals surface area contributed by atoms with E-state index in [-0.39, 0.29) is 0 Å². The van der Waals surface area contributed by atoms with Crippen molar-refractivity contribution in [1.29, 1.82) is 0 Å². The summed E-state index contributed by atoms with van der Waals surface area (Å²) in [4.78, 5) is 27.0. The molecule has 2 aliphatic rings. The molecule has 12 aromatic carbocycles. The maximum absolute atomic E-state index is 13.5. The van der Waals surface area contributed by atoms with Crippen LogP contribution in [0.1, 0.15) is 87.5 Å². The molecule has 0 saturated carbocycles. The third-order valence-electron chi connectivity index (χ3n) is 18.0. The Morgan fingerprint density at radius 2 is 0.510 bits per heavy atom. The fraction of sp³-hybridized carbons (Fsp3) is 0.0444. The number of esters is 2. The molecule has 98 heavy (non-hydrogen) atoms. The molecule has 2 aliphatic heterocycles. The van der Waals surface area contributed by atoms with Crippen molar-refractivity contribution < 1.29 is 19.1 Å². The summed E-state index contributed by atoms with van der Waals surface area (Å²) < 4.78 is 11.8. The Morgan fingerprint density at radius 1 is 0.286 bits per heavy atom. The lowest BCUT2D eigenvalue weighted by Crippen LogP contribution is -2.31. The van der Waals surface area contributed by atoms with E-state index in [0.29, 0.717) is 22.6 Å². The smallest absolute Gasteiger partial charge is 0.343 e. The minimum Gasteiger partial charge on any atom is -0.423 e. The molecule has 0 bridgehead atoms. The van der Waals surface area contributed by atoms with Crippen LogP contribution < -0.4 is 9.47 Å². The van der Waals surface area contributed by atoms with Crippen LogP contribution in [0, 0.1) is 22.9 Å². The van der Waals surface area contributed by atoms with Gasteiger partial charge in [-0.2, -0.15) is 0 Å². The van der Waals surface area contributed by atoms with Crippen molar-refractivity contribution >= 4 is 92.8 Å². The molecule has 470 valence electrons. The lowest BCUT2D eigenvalue weighted by molar-refractivity contribution is 0.0725.